The number of aliphatic hydroxyl groups is 1. The first-order valence-electron chi connectivity index (χ1n) is 6.88. The van der Waals surface area contributed by atoms with Crippen LogP contribution in [0.25, 0.3) is 0 Å². The Morgan fingerprint density at radius 2 is 1.72 bits per heavy atom. The molecular formula is C15H24N2O. The summed E-state index contributed by atoms with van der Waals surface area (Å²) in [5.41, 5.74) is 2.50. The topological polar surface area (TPSA) is 26.7 Å². The molecule has 1 aromatic carbocycles. The number of aryl methyl sites for hydroxylation is 1. The quantitative estimate of drug-likeness (QED) is 0.878. The summed E-state index contributed by atoms with van der Waals surface area (Å²) >= 11 is 0. The molecule has 0 spiro atoms. The molecule has 1 atom stereocenters. The van der Waals surface area contributed by atoms with E-state index < -0.39 is 0 Å². The maximum atomic E-state index is 9.67. The lowest BCUT2D eigenvalue weighted by atomic mass is 10.0. The first-order chi connectivity index (χ1) is 8.74. The molecule has 1 saturated heterocycles. The highest BCUT2D eigenvalue weighted by molar-refractivity contribution is 5.24. The number of likely N-dealkylation sites (N-methyl/N-ethyl adjacent to an activating group) is 1. The van der Waals surface area contributed by atoms with Crippen LogP contribution in [0.2, 0.25) is 0 Å². The molecule has 0 radical (unpaired) electrons. The van der Waals surface area contributed by atoms with E-state index in [-0.39, 0.29) is 12.6 Å². The van der Waals surface area contributed by atoms with Gasteiger partial charge < -0.3 is 10.0 Å². The van der Waals surface area contributed by atoms with E-state index in [1.807, 2.05) is 0 Å². The molecule has 0 saturated carbocycles. The molecule has 1 aliphatic rings. The molecule has 0 amide bonds. The van der Waals surface area contributed by atoms with Crippen LogP contribution in [-0.2, 0) is 0 Å². The van der Waals surface area contributed by atoms with Crippen LogP contribution in [-0.4, -0.2) is 54.2 Å². The molecule has 3 nitrogen and oxygen atoms in total. The number of piperazine rings is 1. The molecule has 1 aliphatic heterocycles. The number of hydrogen-bond acceptors (Lipinski definition) is 3. The van der Waals surface area contributed by atoms with Crippen LogP contribution in [0.1, 0.15) is 24.1 Å². The van der Waals surface area contributed by atoms with Gasteiger partial charge in [-0.2, -0.15) is 0 Å². The van der Waals surface area contributed by atoms with Crippen molar-refractivity contribution in [3.8, 4) is 0 Å². The van der Waals surface area contributed by atoms with Crippen molar-refractivity contribution in [1.29, 1.82) is 0 Å². The van der Waals surface area contributed by atoms with E-state index in [2.05, 4.69) is 47.9 Å². The van der Waals surface area contributed by atoms with Crippen LogP contribution >= 0.6 is 0 Å². The molecule has 1 N–H and O–H groups in total. The summed E-state index contributed by atoms with van der Waals surface area (Å²) in [4.78, 5) is 4.86. The third-order valence-corrected chi connectivity index (χ3v) is 3.93. The first-order valence-corrected chi connectivity index (χ1v) is 6.88. The molecule has 1 aromatic rings. The lowest BCUT2D eigenvalue weighted by molar-refractivity contribution is 0.0672. The number of nitrogens with zero attached hydrogens (tertiary/aromatic N) is 2. The molecule has 1 unspecified atom stereocenters. The van der Waals surface area contributed by atoms with Crippen LogP contribution in [0.3, 0.4) is 0 Å². The standard InChI is InChI=1S/C15H24N2O/c1-3-16-8-10-17(11-9-16)15(12-18)14-6-4-13(2)5-7-14/h4-7,15,18H,3,8-12H2,1-2H3. The van der Waals surface area contributed by atoms with Gasteiger partial charge in [0.05, 0.1) is 12.6 Å². The number of benzene rings is 1. The second-order valence-corrected chi connectivity index (χ2v) is 5.08. The lowest BCUT2D eigenvalue weighted by Gasteiger charge is -2.38. The molecule has 3 heteroatoms. The fraction of sp³-hybridized carbons (Fsp3) is 0.600. The SMILES string of the molecule is CCN1CCN(C(CO)c2ccc(C)cc2)CC1. The molecule has 0 aliphatic carbocycles. The van der Waals surface area contributed by atoms with Gasteiger partial charge in [0, 0.05) is 26.2 Å². The lowest BCUT2D eigenvalue weighted by Crippen LogP contribution is -2.48. The molecule has 0 aromatic heterocycles. The Kier molecular flexibility index (Phi) is 4.75. The summed E-state index contributed by atoms with van der Waals surface area (Å²) < 4.78 is 0. The average Bonchev–Trinajstić information content (AvgIpc) is 2.42. The molecule has 2 rings (SSSR count). The normalized spacial score (nSPS) is 19.9. The van der Waals surface area contributed by atoms with Crippen LogP contribution in [0, 0.1) is 6.92 Å². The average molecular weight is 248 g/mol. The fourth-order valence-electron chi connectivity index (χ4n) is 2.61. The van der Waals surface area contributed by atoms with Crippen molar-refractivity contribution in [3.05, 3.63) is 35.4 Å². The van der Waals surface area contributed by atoms with Crippen molar-refractivity contribution >= 4 is 0 Å². The highest BCUT2D eigenvalue weighted by atomic mass is 16.3. The van der Waals surface area contributed by atoms with E-state index in [1.54, 1.807) is 0 Å². The number of rotatable bonds is 4. The van der Waals surface area contributed by atoms with Gasteiger partial charge in [0.1, 0.15) is 0 Å². The third kappa shape index (κ3) is 3.10. The minimum Gasteiger partial charge on any atom is -0.394 e. The zero-order valence-corrected chi connectivity index (χ0v) is 11.5. The summed E-state index contributed by atoms with van der Waals surface area (Å²) in [7, 11) is 0. The minimum atomic E-state index is 0.157. The number of hydrogen-bond donors (Lipinski definition) is 1. The van der Waals surface area contributed by atoms with Crippen LogP contribution < -0.4 is 0 Å². The maximum absolute atomic E-state index is 9.67. The van der Waals surface area contributed by atoms with Crippen molar-refractivity contribution < 1.29 is 5.11 Å². The minimum absolute atomic E-state index is 0.157. The predicted molar refractivity (Wildman–Crippen MR) is 74.7 cm³/mol. The summed E-state index contributed by atoms with van der Waals surface area (Å²) in [6, 6.07) is 8.69. The Bertz CT molecular complexity index is 355. The third-order valence-electron chi connectivity index (χ3n) is 3.93. The van der Waals surface area contributed by atoms with Gasteiger partial charge in [0.15, 0.2) is 0 Å². The zero-order chi connectivity index (χ0) is 13.0. The predicted octanol–water partition coefficient (Wildman–Crippen LogP) is 1.67. The first kappa shape index (κ1) is 13.5. The van der Waals surface area contributed by atoms with E-state index in [1.165, 1.54) is 11.1 Å². The summed E-state index contributed by atoms with van der Waals surface area (Å²) in [6.45, 7) is 9.95. The van der Waals surface area contributed by atoms with E-state index in [4.69, 9.17) is 0 Å². The smallest absolute Gasteiger partial charge is 0.0628 e. The van der Waals surface area contributed by atoms with Gasteiger partial charge in [-0.15, -0.1) is 0 Å². The Balaban J connectivity index is 2.03. The van der Waals surface area contributed by atoms with Crippen LogP contribution in [0.4, 0.5) is 0 Å². The molecule has 0 bridgehead atoms. The van der Waals surface area contributed by atoms with Crippen molar-refractivity contribution in [2.24, 2.45) is 0 Å². The van der Waals surface area contributed by atoms with Crippen LogP contribution in [0.5, 0.6) is 0 Å². The van der Waals surface area contributed by atoms with Gasteiger partial charge in [-0.1, -0.05) is 36.8 Å². The molecular weight excluding hydrogens is 224 g/mol. The largest absolute Gasteiger partial charge is 0.394 e. The van der Waals surface area contributed by atoms with Gasteiger partial charge in [0.25, 0.3) is 0 Å². The molecule has 100 valence electrons. The number of aliphatic hydroxyl groups excluding tert-OH is 1. The monoisotopic (exact) mass is 248 g/mol. The van der Waals surface area contributed by atoms with Crippen LogP contribution in [0.15, 0.2) is 24.3 Å². The van der Waals surface area contributed by atoms with Gasteiger partial charge in [-0.25, -0.2) is 0 Å². The van der Waals surface area contributed by atoms with E-state index in [0.717, 1.165) is 32.7 Å². The zero-order valence-electron chi connectivity index (χ0n) is 11.5. The Morgan fingerprint density at radius 1 is 1.11 bits per heavy atom. The summed E-state index contributed by atoms with van der Waals surface area (Å²) in [5, 5.41) is 9.67. The van der Waals surface area contributed by atoms with Crippen molar-refractivity contribution in [3.63, 3.8) is 0 Å². The van der Waals surface area contributed by atoms with E-state index in [9.17, 15) is 5.11 Å². The van der Waals surface area contributed by atoms with E-state index >= 15 is 0 Å². The second kappa shape index (κ2) is 6.32. The van der Waals surface area contributed by atoms with Crippen molar-refractivity contribution in [2.75, 3.05) is 39.3 Å². The Morgan fingerprint density at radius 3 is 2.22 bits per heavy atom. The molecule has 18 heavy (non-hydrogen) atoms. The Labute approximate surface area is 110 Å². The van der Waals surface area contributed by atoms with Gasteiger partial charge in [-0.05, 0) is 19.0 Å². The van der Waals surface area contributed by atoms with Gasteiger partial charge >= 0.3 is 0 Å². The molecule has 1 fully saturated rings. The van der Waals surface area contributed by atoms with Crippen molar-refractivity contribution in [2.45, 2.75) is 19.9 Å². The van der Waals surface area contributed by atoms with E-state index in [0.29, 0.717) is 0 Å². The Hall–Kier alpha value is -0.900. The summed E-state index contributed by atoms with van der Waals surface area (Å²) in [5.74, 6) is 0. The maximum Gasteiger partial charge on any atom is 0.0628 e. The highest BCUT2D eigenvalue weighted by Crippen LogP contribution is 2.22. The highest BCUT2D eigenvalue weighted by Gasteiger charge is 2.23. The summed E-state index contributed by atoms with van der Waals surface area (Å²) in [6.07, 6.45) is 0. The van der Waals surface area contributed by atoms with Gasteiger partial charge in [0.2, 0.25) is 0 Å². The van der Waals surface area contributed by atoms with Gasteiger partial charge in [-0.3, -0.25) is 4.90 Å². The van der Waals surface area contributed by atoms with Crippen molar-refractivity contribution in [1.82, 2.24) is 9.80 Å². The fourth-order valence-corrected chi connectivity index (χ4v) is 2.61. The second-order valence-electron chi connectivity index (χ2n) is 5.08. The molecule has 1 heterocycles.